The molecule has 156 valence electrons. The third-order valence-electron chi connectivity index (χ3n) is 5.48. The molecule has 1 aromatic heterocycles. The summed E-state index contributed by atoms with van der Waals surface area (Å²) in [5.41, 5.74) is 9.73. The number of hydrogen-bond donors (Lipinski definition) is 2. The summed E-state index contributed by atoms with van der Waals surface area (Å²) in [5, 5.41) is 4.21. The minimum absolute atomic E-state index is 0.450. The van der Waals surface area contributed by atoms with Crippen molar-refractivity contribution in [3.8, 4) is 16.9 Å². The summed E-state index contributed by atoms with van der Waals surface area (Å²) in [4.78, 5) is 20.1. The van der Waals surface area contributed by atoms with Crippen LogP contribution in [0.2, 0.25) is 0 Å². The van der Waals surface area contributed by atoms with Gasteiger partial charge in [0.1, 0.15) is 5.75 Å². The lowest BCUT2D eigenvalue weighted by Gasteiger charge is -2.23. The largest absolute Gasteiger partial charge is 0.493 e. The SMILES string of the molecule is CCOc1ccccc1-c1c(CN2CCCNCC2)nc2ccccc2c1C(N)=O. The maximum absolute atomic E-state index is 12.7. The monoisotopic (exact) mass is 404 g/mol. The molecule has 0 atom stereocenters. The van der Waals surface area contributed by atoms with E-state index in [0.717, 1.165) is 66.1 Å². The average molecular weight is 405 g/mol. The fraction of sp³-hybridized carbons (Fsp3) is 0.333. The maximum Gasteiger partial charge on any atom is 0.250 e. The number of carbonyl (C=O) groups excluding carboxylic acids is 1. The molecular weight excluding hydrogens is 376 g/mol. The molecule has 1 saturated heterocycles. The van der Waals surface area contributed by atoms with Gasteiger partial charge in [-0.3, -0.25) is 14.7 Å². The highest BCUT2D eigenvalue weighted by Gasteiger charge is 2.24. The zero-order valence-electron chi connectivity index (χ0n) is 17.4. The third-order valence-corrected chi connectivity index (χ3v) is 5.48. The Bertz CT molecular complexity index is 1040. The van der Waals surface area contributed by atoms with Crippen LogP contribution in [0, 0.1) is 0 Å². The number of nitrogens with zero attached hydrogens (tertiary/aromatic N) is 2. The number of primary amides is 1. The van der Waals surface area contributed by atoms with E-state index in [0.29, 0.717) is 18.7 Å². The van der Waals surface area contributed by atoms with E-state index in [1.165, 1.54) is 0 Å². The van der Waals surface area contributed by atoms with Gasteiger partial charge in [0.25, 0.3) is 0 Å². The second-order valence-corrected chi connectivity index (χ2v) is 7.50. The van der Waals surface area contributed by atoms with Gasteiger partial charge in [-0.05, 0) is 38.6 Å². The van der Waals surface area contributed by atoms with Crippen LogP contribution in [-0.4, -0.2) is 48.6 Å². The molecular formula is C24H28N4O2. The Balaban J connectivity index is 1.95. The lowest BCUT2D eigenvalue weighted by atomic mass is 9.93. The van der Waals surface area contributed by atoms with E-state index in [4.69, 9.17) is 15.5 Å². The van der Waals surface area contributed by atoms with Gasteiger partial charge in [0.2, 0.25) is 5.91 Å². The molecule has 6 nitrogen and oxygen atoms in total. The number of aromatic nitrogens is 1. The van der Waals surface area contributed by atoms with Crippen LogP contribution in [0.3, 0.4) is 0 Å². The van der Waals surface area contributed by atoms with Crippen molar-refractivity contribution in [3.63, 3.8) is 0 Å². The Labute approximate surface area is 177 Å². The summed E-state index contributed by atoms with van der Waals surface area (Å²) in [6, 6.07) is 15.5. The van der Waals surface area contributed by atoms with Crippen molar-refractivity contribution in [3.05, 3.63) is 59.8 Å². The van der Waals surface area contributed by atoms with Gasteiger partial charge in [-0.25, -0.2) is 0 Å². The zero-order valence-corrected chi connectivity index (χ0v) is 17.4. The van der Waals surface area contributed by atoms with Crippen molar-refractivity contribution in [1.82, 2.24) is 15.2 Å². The van der Waals surface area contributed by atoms with Gasteiger partial charge in [-0.1, -0.05) is 36.4 Å². The van der Waals surface area contributed by atoms with Gasteiger partial charge in [0.05, 0.1) is 23.4 Å². The van der Waals surface area contributed by atoms with Crippen molar-refractivity contribution in [1.29, 1.82) is 0 Å². The molecule has 1 fully saturated rings. The predicted octanol–water partition coefficient (Wildman–Crippen LogP) is 3.19. The number of nitrogens with two attached hydrogens (primary N) is 1. The molecule has 1 aliphatic rings. The van der Waals surface area contributed by atoms with Crippen molar-refractivity contribution in [2.45, 2.75) is 19.9 Å². The number of amides is 1. The van der Waals surface area contributed by atoms with Crippen molar-refractivity contribution in [2.24, 2.45) is 5.73 Å². The number of pyridine rings is 1. The molecule has 0 radical (unpaired) electrons. The van der Waals surface area contributed by atoms with Crippen LogP contribution in [0.25, 0.3) is 22.0 Å². The van der Waals surface area contributed by atoms with Crippen molar-refractivity contribution in [2.75, 3.05) is 32.8 Å². The van der Waals surface area contributed by atoms with E-state index in [1.807, 2.05) is 55.5 Å². The highest BCUT2D eigenvalue weighted by atomic mass is 16.5. The fourth-order valence-electron chi connectivity index (χ4n) is 4.15. The normalized spacial score (nSPS) is 15.1. The smallest absolute Gasteiger partial charge is 0.250 e. The zero-order chi connectivity index (χ0) is 20.9. The molecule has 30 heavy (non-hydrogen) atoms. The molecule has 1 amide bonds. The highest BCUT2D eigenvalue weighted by molar-refractivity contribution is 6.11. The molecule has 6 heteroatoms. The maximum atomic E-state index is 12.7. The molecule has 2 heterocycles. The topological polar surface area (TPSA) is 80.5 Å². The Hall–Kier alpha value is -2.96. The Kier molecular flexibility index (Phi) is 6.26. The first-order chi connectivity index (χ1) is 14.7. The van der Waals surface area contributed by atoms with Crippen molar-refractivity contribution < 1.29 is 9.53 Å². The van der Waals surface area contributed by atoms with Crippen LogP contribution in [0.1, 0.15) is 29.4 Å². The molecule has 3 aromatic rings. The molecule has 2 aromatic carbocycles. The van der Waals surface area contributed by atoms with Gasteiger partial charge in [-0.15, -0.1) is 0 Å². The number of benzene rings is 2. The number of rotatable bonds is 6. The molecule has 0 aliphatic carbocycles. The quantitative estimate of drug-likeness (QED) is 0.660. The Morgan fingerprint density at radius 1 is 1.13 bits per heavy atom. The summed E-state index contributed by atoms with van der Waals surface area (Å²) < 4.78 is 5.90. The molecule has 0 bridgehead atoms. The van der Waals surface area contributed by atoms with Crippen LogP contribution in [0.5, 0.6) is 5.75 Å². The van der Waals surface area contributed by atoms with Gasteiger partial charge >= 0.3 is 0 Å². The van der Waals surface area contributed by atoms with Gasteiger partial charge in [-0.2, -0.15) is 0 Å². The lowest BCUT2D eigenvalue weighted by molar-refractivity contribution is 0.100. The van der Waals surface area contributed by atoms with E-state index in [1.54, 1.807) is 0 Å². The number of hydrogen-bond acceptors (Lipinski definition) is 5. The van der Waals surface area contributed by atoms with Crippen LogP contribution in [0.15, 0.2) is 48.5 Å². The standard InChI is InChI=1S/C24H28N4O2/c1-2-30-21-11-6-4-9-18(21)22-20(16-28-14-7-12-26-13-15-28)27-19-10-5-3-8-17(19)23(22)24(25)29/h3-6,8-11,26H,2,7,12-16H2,1H3,(H2,25,29). The summed E-state index contributed by atoms with van der Waals surface area (Å²) in [5.74, 6) is 0.284. The Morgan fingerprint density at radius 2 is 1.93 bits per heavy atom. The minimum Gasteiger partial charge on any atom is -0.493 e. The van der Waals surface area contributed by atoms with Gasteiger partial charge in [0, 0.05) is 36.1 Å². The summed E-state index contributed by atoms with van der Waals surface area (Å²) in [6.07, 6.45) is 1.08. The summed E-state index contributed by atoms with van der Waals surface area (Å²) in [7, 11) is 0. The van der Waals surface area contributed by atoms with E-state index < -0.39 is 5.91 Å². The second kappa shape index (κ2) is 9.24. The molecule has 1 aliphatic heterocycles. The predicted molar refractivity (Wildman–Crippen MR) is 120 cm³/mol. The highest BCUT2D eigenvalue weighted by Crippen LogP contribution is 2.38. The minimum atomic E-state index is -0.450. The van der Waals surface area contributed by atoms with Crippen LogP contribution < -0.4 is 15.8 Å². The van der Waals surface area contributed by atoms with Crippen LogP contribution >= 0.6 is 0 Å². The second-order valence-electron chi connectivity index (χ2n) is 7.50. The van der Waals surface area contributed by atoms with E-state index >= 15 is 0 Å². The van der Waals surface area contributed by atoms with E-state index in [9.17, 15) is 4.79 Å². The number of fused-ring (bicyclic) bond motifs is 1. The summed E-state index contributed by atoms with van der Waals surface area (Å²) in [6.45, 7) is 7.04. The molecule has 3 N–H and O–H groups in total. The first-order valence-electron chi connectivity index (χ1n) is 10.6. The van der Waals surface area contributed by atoms with Crippen LogP contribution in [0.4, 0.5) is 0 Å². The molecule has 0 unspecified atom stereocenters. The number of ether oxygens (including phenoxy) is 1. The first kappa shape index (κ1) is 20.3. The molecule has 0 saturated carbocycles. The first-order valence-corrected chi connectivity index (χ1v) is 10.6. The van der Waals surface area contributed by atoms with Gasteiger partial charge in [0.15, 0.2) is 0 Å². The Morgan fingerprint density at radius 3 is 2.77 bits per heavy atom. The average Bonchev–Trinajstić information content (AvgIpc) is 3.02. The van der Waals surface area contributed by atoms with Crippen LogP contribution in [-0.2, 0) is 6.54 Å². The van der Waals surface area contributed by atoms with Gasteiger partial charge < -0.3 is 15.8 Å². The number of carbonyl (C=O) groups is 1. The summed E-state index contributed by atoms with van der Waals surface area (Å²) >= 11 is 0. The van der Waals surface area contributed by atoms with E-state index in [-0.39, 0.29) is 0 Å². The lowest BCUT2D eigenvalue weighted by Crippen LogP contribution is -2.29. The number of para-hydroxylation sites is 2. The van der Waals surface area contributed by atoms with Crippen molar-refractivity contribution >= 4 is 16.8 Å². The van der Waals surface area contributed by atoms with E-state index in [2.05, 4.69) is 10.2 Å². The fourth-order valence-corrected chi connectivity index (χ4v) is 4.15. The molecule has 4 rings (SSSR count). The third kappa shape index (κ3) is 4.15. The molecule has 0 spiro atoms. The number of nitrogens with one attached hydrogen (secondary N) is 1.